The molecule has 5 heterocycles. The predicted octanol–water partition coefficient (Wildman–Crippen LogP) is 5.03. The molecule has 0 aliphatic carbocycles. The zero-order valence-corrected chi connectivity index (χ0v) is 18.7. The highest BCUT2D eigenvalue weighted by molar-refractivity contribution is 6.03. The Labute approximate surface area is 196 Å². The molecule has 1 aliphatic heterocycles. The number of hydrogen-bond acceptors (Lipinski definition) is 7. The highest BCUT2D eigenvalue weighted by Crippen LogP contribution is 2.38. The van der Waals surface area contributed by atoms with E-state index in [9.17, 15) is 0 Å². The first-order chi connectivity index (χ1) is 16.8. The second-order valence-electron chi connectivity index (χ2n) is 8.47. The summed E-state index contributed by atoms with van der Waals surface area (Å²) in [4.78, 5) is 8.60. The fourth-order valence-electron chi connectivity index (χ4n) is 4.49. The van der Waals surface area contributed by atoms with E-state index in [0.717, 1.165) is 64.5 Å². The number of fused-ring (bicyclic) bond motifs is 2. The van der Waals surface area contributed by atoms with Gasteiger partial charge in [-0.3, -0.25) is 9.67 Å². The van der Waals surface area contributed by atoms with Gasteiger partial charge in [0.2, 0.25) is 0 Å². The lowest BCUT2D eigenvalue weighted by Crippen LogP contribution is -2.24. The topological polar surface area (TPSA) is 101 Å². The molecule has 8 heteroatoms. The van der Waals surface area contributed by atoms with E-state index < -0.39 is 0 Å². The molecular formula is C26H25N5O3. The van der Waals surface area contributed by atoms with Gasteiger partial charge in [-0.25, -0.2) is 4.98 Å². The highest BCUT2D eigenvalue weighted by Gasteiger charge is 2.17. The summed E-state index contributed by atoms with van der Waals surface area (Å²) < 4.78 is 19.6. The molecule has 5 aromatic rings. The molecule has 0 saturated carbocycles. The summed E-state index contributed by atoms with van der Waals surface area (Å²) in [5.74, 6) is 1.10. The molecule has 0 spiro atoms. The average Bonchev–Trinajstić information content (AvgIpc) is 3.53. The highest BCUT2D eigenvalue weighted by atomic mass is 16.7. The number of ether oxygens (including phenoxy) is 2. The van der Waals surface area contributed by atoms with E-state index in [-0.39, 0.29) is 6.29 Å². The lowest BCUT2D eigenvalue weighted by molar-refractivity contribution is -0.163. The average molecular weight is 456 g/mol. The van der Waals surface area contributed by atoms with Crippen LogP contribution in [0.3, 0.4) is 0 Å². The van der Waals surface area contributed by atoms with Crippen LogP contribution in [0.2, 0.25) is 0 Å². The van der Waals surface area contributed by atoms with E-state index in [1.165, 1.54) is 0 Å². The number of anilines is 1. The number of nitrogen functional groups attached to an aromatic ring is 1. The van der Waals surface area contributed by atoms with E-state index in [1.54, 1.807) is 12.4 Å². The lowest BCUT2D eigenvalue weighted by Gasteiger charge is -2.22. The Morgan fingerprint density at radius 3 is 2.97 bits per heavy atom. The Morgan fingerprint density at radius 1 is 1.09 bits per heavy atom. The van der Waals surface area contributed by atoms with E-state index in [1.807, 2.05) is 53.6 Å². The number of nitrogens with zero attached hydrogens (tertiary/aromatic N) is 4. The van der Waals surface area contributed by atoms with Gasteiger partial charge in [0.1, 0.15) is 5.76 Å². The monoisotopic (exact) mass is 455 g/mol. The van der Waals surface area contributed by atoms with Crippen molar-refractivity contribution in [2.24, 2.45) is 0 Å². The first kappa shape index (κ1) is 20.8. The van der Waals surface area contributed by atoms with Crippen LogP contribution in [0.5, 0.6) is 0 Å². The Kier molecular flexibility index (Phi) is 5.44. The van der Waals surface area contributed by atoms with Gasteiger partial charge in [-0.15, -0.1) is 0 Å². The van der Waals surface area contributed by atoms with Crippen LogP contribution in [0.15, 0.2) is 65.7 Å². The summed E-state index contributed by atoms with van der Waals surface area (Å²) in [6.45, 7) is 1.97. The smallest absolute Gasteiger partial charge is 0.177 e. The second-order valence-corrected chi connectivity index (χ2v) is 8.47. The van der Waals surface area contributed by atoms with Crippen molar-refractivity contribution in [2.75, 3.05) is 18.9 Å². The summed E-state index contributed by atoms with van der Waals surface area (Å²) in [6.07, 6.45) is 12.4. The first-order valence-corrected chi connectivity index (χ1v) is 11.5. The Morgan fingerprint density at radius 2 is 2.06 bits per heavy atom. The number of benzene rings is 1. The molecule has 0 bridgehead atoms. The fourth-order valence-corrected chi connectivity index (χ4v) is 4.49. The van der Waals surface area contributed by atoms with Gasteiger partial charge in [0, 0.05) is 58.9 Å². The summed E-state index contributed by atoms with van der Waals surface area (Å²) >= 11 is 0. The van der Waals surface area contributed by atoms with E-state index in [4.69, 9.17) is 19.6 Å². The van der Waals surface area contributed by atoms with Crippen molar-refractivity contribution in [1.82, 2.24) is 19.7 Å². The van der Waals surface area contributed by atoms with Gasteiger partial charge < -0.3 is 19.6 Å². The third-order valence-corrected chi connectivity index (χ3v) is 6.24. The number of hydrogen-bond donors (Lipinski definition) is 1. The molecule has 0 radical (unpaired) electrons. The maximum Gasteiger partial charge on any atom is 0.177 e. The largest absolute Gasteiger partial charge is 0.452 e. The van der Waals surface area contributed by atoms with E-state index >= 15 is 0 Å². The van der Waals surface area contributed by atoms with Crippen molar-refractivity contribution in [3.05, 3.63) is 61.3 Å². The lowest BCUT2D eigenvalue weighted by atomic mass is 10.0. The quantitative estimate of drug-likeness (QED) is 0.383. The number of rotatable bonds is 6. The Balaban J connectivity index is 1.30. The fraction of sp³-hybridized carbons (Fsp3) is 0.269. The number of nitrogens with two attached hydrogens (primary N) is 1. The van der Waals surface area contributed by atoms with Crippen LogP contribution in [0.1, 0.15) is 19.3 Å². The van der Waals surface area contributed by atoms with Crippen molar-refractivity contribution in [2.45, 2.75) is 32.1 Å². The number of aromatic nitrogens is 4. The Bertz CT molecular complexity index is 1450. The molecule has 1 aromatic carbocycles. The standard InChI is InChI=1S/C26H25N5O3/c27-26-25-21(12-23(34-25)20-5-3-4-17-13-28-8-7-19(17)20)22(15-29-26)18-14-30-31(16-18)9-11-33-24-6-1-2-10-32-24/h3-5,7-8,12-16,24H,1-2,6,9-11H2,(H2,27,29). The molecule has 4 aromatic heterocycles. The van der Waals surface area contributed by atoms with Gasteiger partial charge in [-0.1, -0.05) is 18.2 Å². The van der Waals surface area contributed by atoms with Crippen molar-refractivity contribution in [3.8, 4) is 22.5 Å². The maximum absolute atomic E-state index is 6.22. The summed E-state index contributed by atoms with van der Waals surface area (Å²) in [5, 5.41) is 7.53. The van der Waals surface area contributed by atoms with Crippen LogP contribution in [0.4, 0.5) is 5.82 Å². The molecular weight excluding hydrogens is 430 g/mol. The van der Waals surface area contributed by atoms with Crippen LogP contribution in [-0.2, 0) is 16.0 Å². The van der Waals surface area contributed by atoms with Crippen LogP contribution in [-0.4, -0.2) is 39.3 Å². The minimum atomic E-state index is -0.0982. The third kappa shape index (κ3) is 3.91. The molecule has 2 N–H and O–H groups in total. The van der Waals surface area contributed by atoms with E-state index in [2.05, 4.69) is 15.1 Å². The molecule has 0 amide bonds. The second kappa shape index (κ2) is 8.89. The summed E-state index contributed by atoms with van der Waals surface area (Å²) in [7, 11) is 0. The summed E-state index contributed by atoms with van der Waals surface area (Å²) in [5.41, 5.74) is 9.61. The van der Waals surface area contributed by atoms with Gasteiger partial charge >= 0.3 is 0 Å². The molecule has 8 nitrogen and oxygen atoms in total. The molecule has 1 atom stereocenters. The Hall–Kier alpha value is -3.75. The molecule has 1 fully saturated rings. The molecule has 1 aliphatic rings. The van der Waals surface area contributed by atoms with Gasteiger partial charge in [0.05, 0.1) is 19.3 Å². The SMILES string of the molecule is Nc1ncc(-c2cnn(CCOC3CCCCO3)c2)c2cc(-c3cccc4cnccc34)oc12. The minimum absolute atomic E-state index is 0.0982. The van der Waals surface area contributed by atoms with Crippen LogP contribution >= 0.6 is 0 Å². The predicted molar refractivity (Wildman–Crippen MR) is 130 cm³/mol. The van der Waals surface area contributed by atoms with Gasteiger partial charge in [0.25, 0.3) is 0 Å². The van der Waals surface area contributed by atoms with Gasteiger partial charge in [-0.05, 0) is 36.8 Å². The third-order valence-electron chi connectivity index (χ3n) is 6.24. The van der Waals surface area contributed by atoms with Crippen molar-refractivity contribution in [1.29, 1.82) is 0 Å². The number of furan rings is 1. The molecule has 1 unspecified atom stereocenters. The van der Waals surface area contributed by atoms with Gasteiger partial charge in [-0.2, -0.15) is 5.10 Å². The van der Waals surface area contributed by atoms with Crippen LogP contribution in [0, 0.1) is 0 Å². The molecule has 6 rings (SSSR count). The van der Waals surface area contributed by atoms with Crippen molar-refractivity contribution < 1.29 is 13.9 Å². The first-order valence-electron chi connectivity index (χ1n) is 11.5. The molecule has 1 saturated heterocycles. The van der Waals surface area contributed by atoms with Crippen molar-refractivity contribution >= 4 is 27.6 Å². The zero-order valence-electron chi connectivity index (χ0n) is 18.7. The van der Waals surface area contributed by atoms with Crippen molar-refractivity contribution in [3.63, 3.8) is 0 Å². The normalized spacial score (nSPS) is 16.4. The number of pyridine rings is 2. The van der Waals surface area contributed by atoms with Gasteiger partial charge in [0.15, 0.2) is 17.7 Å². The zero-order chi connectivity index (χ0) is 22.9. The summed E-state index contributed by atoms with van der Waals surface area (Å²) in [6, 6.07) is 10.1. The molecule has 172 valence electrons. The van der Waals surface area contributed by atoms with Crippen LogP contribution < -0.4 is 5.73 Å². The van der Waals surface area contributed by atoms with E-state index in [0.29, 0.717) is 24.6 Å². The minimum Gasteiger partial charge on any atom is -0.452 e. The van der Waals surface area contributed by atoms with Crippen LogP contribution in [0.25, 0.3) is 44.2 Å². The molecule has 34 heavy (non-hydrogen) atoms. The maximum atomic E-state index is 6.22.